The molecule has 2 fully saturated rings. The Balaban J connectivity index is 1.40. The fourth-order valence-corrected chi connectivity index (χ4v) is 4.98. The molecule has 0 radical (unpaired) electrons. The number of allylic oxidation sites excluding steroid dienone is 2. The summed E-state index contributed by atoms with van der Waals surface area (Å²) in [5.74, 6) is 1.25. The number of carbonyl (C=O) groups excluding carboxylic acids is 1. The zero-order chi connectivity index (χ0) is 22.2. The van der Waals surface area contributed by atoms with Crippen molar-refractivity contribution in [2.45, 2.75) is 77.6 Å². The lowest BCUT2D eigenvalue weighted by molar-refractivity contribution is -0.145. The van der Waals surface area contributed by atoms with Crippen LogP contribution in [-0.4, -0.2) is 28.4 Å². The van der Waals surface area contributed by atoms with Gasteiger partial charge in [-0.15, -0.1) is 0 Å². The van der Waals surface area contributed by atoms with Gasteiger partial charge in [-0.2, -0.15) is 0 Å². The van der Waals surface area contributed by atoms with Gasteiger partial charge < -0.3 is 14.9 Å². The van der Waals surface area contributed by atoms with E-state index < -0.39 is 6.10 Å². The minimum atomic E-state index is -0.436. The summed E-state index contributed by atoms with van der Waals surface area (Å²) < 4.78 is 5.34. The first-order valence-corrected chi connectivity index (χ1v) is 11.9. The van der Waals surface area contributed by atoms with Crippen molar-refractivity contribution in [1.29, 1.82) is 0 Å². The van der Waals surface area contributed by atoms with Crippen LogP contribution < -0.4 is 0 Å². The van der Waals surface area contributed by atoms with E-state index in [1.807, 2.05) is 36.4 Å². The van der Waals surface area contributed by atoms with Crippen molar-refractivity contribution in [3.8, 4) is 0 Å². The molecule has 4 heteroatoms. The highest BCUT2D eigenvalue weighted by Crippen LogP contribution is 2.50. The first-order chi connectivity index (χ1) is 15.0. The van der Waals surface area contributed by atoms with Crippen LogP contribution in [0.4, 0.5) is 0 Å². The summed E-state index contributed by atoms with van der Waals surface area (Å²) in [5, 5.41) is 20.7. The van der Waals surface area contributed by atoms with Crippen molar-refractivity contribution in [3.05, 3.63) is 59.7 Å². The lowest BCUT2D eigenvalue weighted by Crippen LogP contribution is -2.19. The highest BCUT2D eigenvalue weighted by Gasteiger charge is 2.44. The third kappa shape index (κ3) is 6.78. The summed E-state index contributed by atoms with van der Waals surface area (Å²) in [7, 11) is 0. The molecular weight excluding hydrogens is 388 g/mol. The largest absolute Gasteiger partial charge is 0.461 e. The van der Waals surface area contributed by atoms with E-state index >= 15 is 0 Å². The van der Waals surface area contributed by atoms with E-state index in [-0.39, 0.29) is 23.9 Å². The van der Waals surface area contributed by atoms with Gasteiger partial charge in [0.15, 0.2) is 0 Å². The first-order valence-electron chi connectivity index (χ1n) is 11.9. The molecule has 31 heavy (non-hydrogen) atoms. The number of fused-ring (bicyclic) bond motifs is 1. The molecule has 2 aliphatic carbocycles. The van der Waals surface area contributed by atoms with Crippen molar-refractivity contribution in [2.24, 2.45) is 23.7 Å². The van der Waals surface area contributed by atoms with E-state index in [4.69, 9.17) is 4.74 Å². The number of hydrogen-bond donors (Lipinski definition) is 2. The van der Waals surface area contributed by atoms with E-state index in [0.717, 1.165) is 44.1 Å². The van der Waals surface area contributed by atoms with Crippen LogP contribution in [0.2, 0.25) is 0 Å². The van der Waals surface area contributed by atoms with Gasteiger partial charge in [-0.05, 0) is 55.4 Å². The Kier molecular flexibility index (Phi) is 8.91. The lowest BCUT2D eigenvalue weighted by Gasteiger charge is -2.19. The zero-order valence-electron chi connectivity index (χ0n) is 19.0. The van der Waals surface area contributed by atoms with Crippen LogP contribution in [0, 0.1) is 23.7 Å². The average Bonchev–Trinajstić information content (AvgIpc) is 3.30. The molecule has 2 N–H and O–H groups in total. The smallest absolute Gasteiger partial charge is 0.306 e. The maximum absolute atomic E-state index is 11.9. The molecule has 1 aromatic carbocycles. The summed E-state index contributed by atoms with van der Waals surface area (Å²) in [6.45, 7) is 4.48. The third-order valence-corrected chi connectivity index (χ3v) is 7.13. The van der Waals surface area contributed by atoms with E-state index in [0.29, 0.717) is 24.9 Å². The van der Waals surface area contributed by atoms with Gasteiger partial charge >= 0.3 is 5.97 Å². The number of benzene rings is 1. The maximum atomic E-state index is 11.9. The highest BCUT2D eigenvalue weighted by atomic mass is 16.5. The molecule has 4 nitrogen and oxygen atoms in total. The number of aliphatic hydroxyl groups is 2. The summed E-state index contributed by atoms with van der Waals surface area (Å²) in [4.78, 5) is 11.9. The van der Waals surface area contributed by atoms with Gasteiger partial charge in [-0.1, -0.05) is 74.4 Å². The van der Waals surface area contributed by atoms with Crippen LogP contribution in [0.5, 0.6) is 0 Å². The molecule has 0 amide bonds. The SMILES string of the molecule is CCC(C)[C@H](O)/C=C/[C@@H]1[C@H]2C/C(=C/CCCC(=O)OCc3ccccc3)C[C@H]2C[C@H]1O. The molecule has 1 aromatic rings. The minimum Gasteiger partial charge on any atom is -0.461 e. The van der Waals surface area contributed by atoms with Gasteiger partial charge in [0.1, 0.15) is 6.61 Å². The second-order valence-corrected chi connectivity index (χ2v) is 9.37. The fourth-order valence-electron chi connectivity index (χ4n) is 4.98. The number of rotatable bonds is 10. The number of hydrogen-bond acceptors (Lipinski definition) is 4. The molecule has 0 heterocycles. The van der Waals surface area contributed by atoms with Gasteiger partial charge in [0.25, 0.3) is 0 Å². The Bertz CT molecular complexity index is 754. The molecular formula is C27H38O4. The van der Waals surface area contributed by atoms with Gasteiger partial charge in [0.2, 0.25) is 0 Å². The Morgan fingerprint density at radius 1 is 1.26 bits per heavy atom. The zero-order valence-corrected chi connectivity index (χ0v) is 19.0. The predicted octanol–water partition coefficient (Wildman–Crippen LogP) is 5.20. The second kappa shape index (κ2) is 11.6. The molecule has 3 rings (SSSR count). The van der Waals surface area contributed by atoms with E-state index in [2.05, 4.69) is 26.0 Å². The Hall–Kier alpha value is -1.91. The number of aliphatic hydroxyl groups excluding tert-OH is 2. The highest BCUT2D eigenvalue weighted by molar-refractivity contribution is 5.69. The second-order valence-electron chi connectivity index (χ2n) is 9.37. The summed E-state index contributed by atoms with van der Waals surface area (Å²) in [5.41, 5.74) is 2.47. The number of unbranched alkanes of at least 4 members (excludes halogenated alkanes) is 1. The summed E-state index contributed by atoms with van der Waals surface area (Å²) in [6.07, 6.45) is 11.5. The van der Waals surface area contributed by atoms with Gasteiger partial charge in [0.05, 0.1) is 12.2 Å². The molecule has 0 aliphatic heterocycles. The van der Waals surface area contributed by atoms with Crippen molar-refractivity contribution in [1.82, 2.24) is 0 Å². The topological polar surface area (TPSA) is 66.8 Å². The van der Waals surface area contributed by atoms with Crippen molar-refractivity contribution in [2.75, 3.05) is 0 Å². The molecule has 0 aromatic heterocycles. The number of ether oxygens (including phenoxy) is 1. The summed E-state index contributed by atoms with van der Waals surface area (Å²) in [6, 6.07) is 9.75. The molecule has 6 atom stereocenters. The lowest BCUT2D eigenvalue weighted by atomic mass is 9.89. The van der Waals surface area contributed by atoms with Gasteiger partial charge in [-0.25, -0.2) is 0 Å². The number of carbonyl (C=O) groups is 1. The van der Waals surface area contributed by atoms with E-state index in [1.54, 1.807) is 0 Å². The van der Waals surface area contributed by atoms with Crippen LogP contribution in [-0.2, 0) is 16.1 Å². The fraction of sp³-hybridized carbons (Fsp3) is 0.593. The van der Waals surface area contributed by atoms with Crippen LogP contribution in [0.25, 0.3) is 0 Å². The Labute approximate surface area is 187 Å². The van der Waals surface area contributed by atoms with Gasteiger partial charge in [0, 0.05) is 12.3 Å². The normalized spacial score (nSPS) is 28.7. The van der Waals surface area contributed by atoms with E-state index in [9.17, 15) is 15.0 Å². The Morgan fingerprint density at radius 3 is 2.77 bits per heavy atom. The van der Waals surface area contributed by atoms with Crippen molar-refractivity contribution in [3.63, 3.8) is 0 Å². The standard InChI is InChI=1S/C27H38O4/c1-3-19(2)25(28)14-13-23-24-16-21(15-22(24)17-26(23)29)11-7-8-12-27(30)31-18-20-9-5-4-6-10-20/h4-6,9-11,13-14,19,22-26,28-29H,3,7-8,12,15-18H2,1-2H3/b14-13+,21-11+/t19?,22-,23+,24-,25+,26+/m0/s1. The minimum absolute atomic E-state index is 0.140. The maximum Gasteiger partial charge on any atom is 0.306 e. The van der Waals surface area contributed by atoms with Crippen molar-refractivity contribution < 1.29 is 19.7 Å². The monoisotopic (exact) mass is 426 g/mol. The quantitative estimate of drug-likeness (QED) is 0.307. The van der Waals surface area contributed by atoms with Crippen LogP contribution in [0.3, 0.4) is 0 Å². The first kappa shape index (κ1) is 23.7. The van der Waals surface area contributed by atoms with Crippen LogP contribution in [0.15, 0.2) is 54.1 Å². The molecule has 0 bridgehead atoms. The molecule has 0 spiro atoms. The van der Waals surface area contributed by atoms with Crippen LogP contribution >= 0.6 is 0 Å². The molecule has 1 unspecified atom stereocenters. The number of esters is 1. The van der Waals surface area contributed by atoms with Crippen molar-refractivity contribution >= 4 is 5.97 Å². The molecule has 170 valence electrons. The Morgan fingerprint density at radius 2 is 2.03 bits per heavy atom. The predicted molar refractivity (Wildman–Crippen MR) is 123 cm³/mol. The van der Waals surface area contributed by atoms with Gasteiger partial charge in [-0.3, -0.25) is 4.79 Å². The van der Waals surface area contributed by atoms with Crippen LogP contribution in [0.1, 0.15) is 64.4 Å². The molecule has 0 saturated heterocycles. The van der Waals surface area contributed by atoms with E-state index in [1.165, 1.54) is 5.57 Å². The average molecular weight is 427 g/mol. The summed E-state index contributed by atoms with van der Waals surface area (Å²) >= 11 is 0. The molecule has 2 aliphatic rings. The third-order valence-electron chi connectivity index (χ3n) is 7.13. The molecule has 2 saturated carbocycles.